The van der Waals surface area contributed by atoms with Gasteiger partial charge in [0.1, 0.15) is 0 Å². The minimum atomic E-state index is 0.371. The van der Waals surface area contributed by atoms with Gasteiger partial charge in [-0.15, -0.1) is 0 Å². The molecule has 4 heteroatoms. The molecule has 0 amide bonds. The van der Waals surface area contributed by atoms with Crippen LogP contribution >= 0.6 is 23.4 Å². The van der Waals surface area contributed by atoms with Crippen LogP contribution in [0, 0.1) is 0 Å². The average Bonchev–Trinajstić information content (AvgIpc) is 2.50. The number of rotatable bonds is 2. The maximum absolute atomic E-state index is 6.23. The molecule has 18 heavy (non-hydrogen) atoms. The van der Waals surface area contributed by atoms with Crippen LogP contribution in [0.15, 0.2) is 18.2 Å². The van der Waals surface area contributed by atoms with Gasteiger partial charge in [0, 0.05) is 46.4 Å². The van der Waals surface area contributed by atoms with Crippen molar-refractivity contribution in [1.29, 1.82) is 0 Å². The fourth-order valence-corrected chi connectivity index (χ4v) is 3.65. The summed E-state index contributed by atoms with van der Waals surface area (Å²) >= 11 is 8.29. The predicted molar refractivity (Wildman–Crippen MR) is 82.7 cm³/mol. The fraction of sp³-hybridized carbons (Fsp3) is 0.571. The van der Waals surface area contributed by atoms with Gasteiger partial charge in [-0.1, -0.05) is 31.5 Å². The van der Waals surface area contributed by atoms with Crippen molar-refractivity contribution in [2.75, 3.05) is 23.7 Å². The predicted octanol–water partition coefficient (Wildman–Crippen LogP) is 3.52. The minimum Gasteiger partial charge on any atom is -0.370 e. The molecule has 1 heterocycles. The summed E-state index contributed by atoms with van der Waals surface area (Å²) in [6.07, 6.45) is 1.19. The Balaban J connectivity index is 2.24. The number of halogens is 1. The van der Waals surface area contributed by atoms with Crippen molar-refractivity contribution >= 4 is 29.1 Å². The Bertz CT molecular complexity index is 420. The van der Waals surface area contributed by atoms with E-state index in [1.165, 1.54) is 12.1 Å². The molecule has 0 radical (unpaired) electrons. The lowest BCUT2D eigenvalue weighted by Gasteiger charge is -2.26. The highest BCUT2D eigenvalue weighted by atomic mass is 35.5. The molecule has 2 nitrogen and oxygen atoms in total. The maximum Gasteiger partial charge on any atom is 0.0471 e. The van der Waals surface area contributed by atoms with Gasteiger partial charge in [-0.25, -0.2) is 0 Å². The summed E-state index contributed by atoms with van der Waals surface area (Å²) in [5.41, 5.74) is 8.12. The van der Waals surface area contributed by atoms with Crippen LogP contribution in [0.3, 0.4) is 0 Å². The Kier molecular flexibility index (Phi) is 4.46. The van der Waals surface area contributed by atoms with Crippen molar-refractivity contribution in [3.05, 3.63) is 28.8 Å². The van der Waals surface area contributed by atoms with E-state index in [9.17, 15) is 0 Å². The molecule has 0 spiro atoms. The molecule has 0 bridgehead atoms. The Morgan fingerprint density at radius 2 is 2.17 bits per heavy atom. The van der Waals surface area contributed by atoms with Gasteiger partial charge in [0.15, 0.2) is 0 Å². The second-order valence-electron chi connectivity index (χ2n) is 5.29. The van der Waals surface area contributed by atoms with Crippen molar-refractivity contribution in [1.82, 2.24) is 0 Å². The molecule has 1 aliphatic heterocycles. The van der Waals surface area contributed by atoms with Crippen LogP contribution < -0.4 is 10.6 Å². The smallest absolute Gasteiger partial charge is 0.0471 e. The molecule has 0 atom stereocenters. The van der Waals surface area contributed by atoms with Crippen LogP contribution in [0.25, 0.3) is 0 Å². The Morgan fingerprint density at radius 3 is 2.89 bits per heavy atom. The van der Waals surface area contributed by atoms with Crippen molar-refractivity contribution in [3.8, 4) is 0 Å². The summed E-state index contributed by atoms with van der Waals surface area (Å²) in [4.78, 5) is 2.43. The first-order valence-corrected chi connectivity index (χ1v) is 7.76. The second-order valence-corrected chi connectivity index (χ2v) is 7.50. The van der Waals surface area contributed by atoms with E-state index in [1.54, 1.807) is 0 Å². The summed E-state index contributed by atoms with van der Waals surface area (Å²) in [6, 6.07) is 6.07. The van der Waals surface area contributed by atoms with Gasteiger partial charge >= 0.3 is 0 Å². The Morgan fingerprint density at radius 1 is 1.39 bits per heavy atom. The number of benzene rings is 1. The summed E-state index contributed by atoms with van der Waals surface area (Å²) < 4.78 is 0.371. The minimum absolute atomic E-state index is 0.371. The lowest BCUT2D eigenvalue weighted by molar-refractivity contribution is 0.637. The molecule has 100 valence electrons. The number of anilines is 1. The van der Waals surface area contributed by atoms with Crippen LogP contribution in [0.5, 0.6) is 0 Å². The lowest BCUT2D eigenvalue weighted by atomic mass is 10.1. The number of hydrogen-bond donors (Lipinski definition) is 1. The van der Waals surface area contributed by atoms with E-state index < -0.39 is 0 Å². The van der Waals surface area contributed by atoms with Crippen LogP contribution in [0.2, 0.25) is 5.02 Å². The van der Waals surface area contributed by atoms with Crippen molar-refractivity contribution in [2.45, 2.75) is 31.6 Å². The van der Waals surface area contributed by atoms with Gasteiger partial charge in [0.2, 0.25) is 0 Å². The van der Waals surface area contributed by atoms with E-state index in [4.69, 9.17) is 17.3 Å². The van der Waals surface area contributed by atoms with E-state index >= 15 is 0 Å². The highest BCUT2D eigenvalue weighted by molar-refractivity contribution is 8.00. The Labute approximate surface area is 119 Å². The molecule has 2 N–H and O–H groups in total. The summed E-state index contributed by atoms with van der Waals surface area (Å²) in [6.45, 7) is 7.29. The van der Waals surface area contributed by atoms with Crippen molar-refractivity contribution in [2.24, 2.45) is 5.73 Å². The molecule has 1 fully saturated rings. The molecule has 0 aliphatic carbocycles. The van der Waals surface area contributed by atoms with E-state index in [1.807, 2.05) is 12.1 Å². The van der Waals surface area contributed by atoms with Crippen molar-refractivity contribution in [3.63, 3.8) is 0 Å². The zero-order valence-corrected chi connectivity index (χ0v) is 12.7. The lowest BCUT2D eigenvalue weighted by Crippen LogP contribution is -2.28. The van der Waals surface area contributed by atoms with Crippen molar-refractivity contribution < 1.29 is 0 Å². The molecule has 0 saturated carbocycles. The van der Waals surface area contributed by atoms with Gasteiger partial charge in [0.25, 0.3) is 0 Å². The number of thioether (sulfide) groups is 1. The molecule has 1 saturated heterocycles. The van der Waals surface area contributed by atoms with Gasteiger partial charge in [0.05, 0.1) is 0 Å². The quantitative estimate of drug-likeness (QED) is 0.901. The van der Waals surface area contributed by atoms with Gasteiger partial charge in [-0.2, -0.15) is 11.8 Å². The third-order valence-corrected chi connectivity index (χ3v) is 5.20. The standard InChI is InChI=1S/C14H21ClN2S/c1-14(2)6-7-17(8-9-18-14)13-5-3-4-12(15)11(13)10-16/h3-5H,6-10,16H2,1-2H3. The Hall–Kier alpha value is -0.380. The monoisotopic (exact) mass is 284 g/mol. The molecule has 0 unspecified atom stereocenters. The number of nitrogens with two attached hydrogens (primary N) is 1. The highest BCUT2D eigenvalue weighted by Crippen LogP contribution is 2.34. The SMILES string of the molecule is CC1(C)CCN(c2cccc(Cl)c2CN)CCS1. The van der Waals surface area contributed by atoms with Crippen LogP contribution in [-0.2, 0) is 6.54 Å². The van der Waals surface area contributed by atoms with Gasteiger partial charge in [-0.05, 0) is 18.6 Å². The number of hydrogen-bond acceptors (Lipinski definition) is 3. The zero-order valence-electron chi connectivity index (χ0n) is 11.1. The number of nitrogens with zero attached hydrogens (tertiary/aromatic N) is 1. The summed E-state index contributed by atoms with van der Waals surface area (Å²) in [7, 11) is 0. The average molecular weight is 285 g/mol. The molecular weight excluding hydrogens is 264 g/mol. The first kappa shape index (κ1) is 14.0. The molecule has 1 aromatic carbocycles. The molecule has 0 aromatic heterocycles. The van der Waals surface area contributed by atoms with Crippen LogP contribution in [0.4, 0.5) is 5.69 Å². The molecular formula is C14H21ClN2S. The topological polar surface area (TPSA) is 29.3 Å². The molecule has 2 rings (SSSR count). The first-order valence-electron chi connectivity index (χ1n) is 6.40. The summed E-state index contributed by atoms with van der Waals surface area (Å²) in [5.74, 6) is 1.16. The highest BCUT2D eigenvalue weighted by Gasteiger charge is 2.24. The molecule has 1 aromatic rings. The third-order valence-electron chi connectivity index (χ3n) is 3.48. The van der Waals surface area contributed by atoms with Crippen LogP contribution in [0.1, 0.15) is 25.8 Å². The summed E-state index contributed by atoms with van der Waals surface area (Å²) in [5, 5.41) is 0.783. The van der Waals surface area contributed by atoms with Crippen LogP contribution in [-0.4, -0.2) is 23.6 Å². The largest absolute Gasteiger partial charge is 0.370 e. The second kappa shape index (κ2) is 5.72. The van der Waals surface area contributed by atoms with Gasteiger partial charge < -0.3 is 10.6 Å². The van der Waals surface area contributed by atoms with E-state index in [0.29, 0.717) is 11.3 Å². The third kappa shape index (κ3) is 3.14. The van der Waals surface area contributed by atoms with Gasteiger partial charge in [-0.3, -0.25) is 0 Å². The zero-order chi connectivity index (χ0) is 13.2. The maximum atomic E-state index is 6.23. The van der Waals surface area contributed by atoms with E-state index in [2.05, 4.69) is 36.6 Å². The van der Waals surface area contributed by atoms with E-state index in [-0.39, 0.29) is 0 Å². The fourth-order valence-electron chi connectivity index (χ4n) is 2.31. The first-order chi connectivity index (χ1) is 8.53. The van der Waals surface area contributed by atoms with E-state index in [0.717, 1.165) is 29.4 Å². The molecule has 1 aliphatic rings. The normalized spacial score (nSPS) is 19.7.